The number of aryl methyl sites for hydroxylation is 2. The van der Waals surface area contributed by atoms with Crippen LogP contribution in [0.2, 0.25) is 0 Å². The predicted molar refractivity (Wildman–Crippen MR) is 121 cm³/mol. The highest BCUT2D eigenvalue weighted by atomic mass is 79.9. The van der Waals surface area contributed by atoms with Gasteiger partial charge in [0.15, 0.2) is 0 Å². The maximum absolute atomic E-state index is 13.8. The molecule has 0 fully saturated rings. The standard InChI is InChI=1S/C23H18BrFN4O2/c1-13-9-15(25)5-6-19(13)28-12-29(20-7-8-22(31-4)27-14(20)2)23(30)16-10-17(24)18(26-3)11-21(16)28/h5-11H,12H2,1-2,4H3. The van der Waals surface area contributed by atoms with Crippen LogP contribution in [0.15, 0.2) is 46.9 Å². The number of fused-ring (bicyclic) bond motifs is 1. The van der Waals surface area contributed by atoms with Gasteiger partial charge in [-0.25, -0.2) is 14.2 Å². The molecule has 3 aromatic rings. The molecular weight excluding hydrogens is 463 g/mol. The second kappa shape index (κ2) is 8.00. The van der Waals surface area contributed by atoms with Gasteiger partial charge in [0.1, 0.15) is 12.5 Å². The van der Waals surface area contributed by atoms with E-state index < -0.39 is 0 Å². The Bertz CT molecular complexity index is 1260. The van der Waals surface area contributed by atoms with Gasteiger partial charge in [-0.2, -0.15) is 0 Å². The molecule has 0 radical (unpaired) electrons. The molecule has 0 aliphatic carbocycles. The van der Waals surface area contributed by atoms with Gasteiger partial charge in [-0.15, -0.1) is 0 Å². The number of benzene rings is 2. The van der Waals surface area contributed by atoms with Gasteiger partial charge in [0.25, 0.3) is 5.91 Å². The molecule has 0 unspecified atom stereocenters. The lowest BCUT2D eigenvalue weighted by Gasteiger charge is -2.39. The van der Waals surface area contributed by atoms with Crippen LogP contribution in [0.1, 0.15) is 21.6 Å². The molecule has 156 valence electrons. The van der Waals surface area contributed by atoms with E-state index in [0.717, 1.165) is 11.3 Å². The van der Waals surface area contributed by atoms with Crippen LogP contribution in [0.5, 0.6) is 5.88 Å². The fourth-order valence-electron chi connectivity index (χ4n) is 3.70. The third kappa shape index (κ3) is 3.62. The molecule has 8 heteroatoms. The van der Waals surface area contributed by atoms with E-state index in [2.05, 4.69) is 25.8 Å². The lowest BCUT2D eigenvalue weighted by molar-refractivity contribution is 0.0983. The minimum Gasteiger partial charge on any atom is -0.481 e. The second-order valence-electron chi connectivity index (χ2n) is 7.12. The molecule has 1 aromatic heterocycles. The average molecular weight is 481 g/mol. The van der Waals surface area contributed by atoms with Crippen LogP contribution >= 0.6 is 15.9 Å². The topological polar surface area (TPSA) is 50.0 Å². The first-order valence-electron chi connectivity index (χ1n) is 9.42. The van der Waals surface area contributed by atoms with Gasteiger partial charge in [0.05, 0.1) is 30.6 Å². The first-order chi connectivity index (χ1) is 14.8. The van der Waals surface area contributed by atoms with Gasteiger partial charge in [-0.3, -0.25) is 9.69 Å². The van der Waals surface area contributed by atoms with E-state index in [0.29, 0.717) is 38.7 Å². The third-order valence-corrected chi connectivity index (χ3v) is 5.85. The number of aromatic nitrogens is 1. The van der Waals surface area contributed by atoms with Crippen LogP contribution < -0.4 is 14.5 Å². The number of halogens is 2. The molecular formula is C23H18BrFN4O2. The fourth-order valence-corrected chi connectivity index (χ4v) is 4.13. The van der Waals surface area contributed by atoms with E-state index >= 15 is 0 Å². The summed E-state index contributed by atoms with van der Waals surface area (Å²) < 4.78 is 19.5. The Balaban J connectivity index is 1.92. The Morgan fingerprint density at radius 2 is 1.84 bits per heavy atom. The Morgan fingerprint density at radius 1 is 1.10 bits per heavy atom. The van der Waals surface area contributed by atoms with E-state index in [1.54, 1.807) is 35.2 Å². The van der Waals surface area contributed by atoms with Crippen molar-refractivity contribution in [2.24, 2.45) is 0 Å². The number of ether oxygens (including phenoxy) is 1. The van der Waals surface area contributed by atoms with Crippen molar-refractivity contribution >= 4 is 44.6 Å². The molecule has 2 heterocycles. The molecule has 1 aliphatic heterocycles. The summed E-state index contributed by atoms with van der Waals surface area (Å²) in [5.41, 5.74) is 4.19. The van der Waals surface area contributed by atoms with Crippen molar-refractivity contribution in [3.63, 3.8) is 0 Å². The van der Waals surface area contributed by atoms with E-state index in [-0.39, 0.29) is 18.4 Å². The lowest BCUT2D eigenvalue weighted by atomic mass is 10.0. The van der Waals surface area contributed by atoms with E-state index in [4.69, 9.17) is 11.3 Å². The van der Waals surface area contributed by atoms with Crippen LogP contribution in [-0.4, -0.2) is 24.7 Å². The highest BCUT2D eigenvalue weighted by Crippen LogP contribution is 2.42. The van der Waals surface area contributed by atoms with Gasteiger partial charge >= 0.3 is 0 Å². The maximum atomic E-state index is 13.8. The maximum Gasteiger partial charge on any atom is 0.261 e. The van der Waals surface area contributed by atoms with Crippen molar-refractivity contribution < 1.29 is 13.9 Å². The van der Waals surface area contributed by atoms with Gasteiger partial charge in [-0.05, 0) is 55.8 Å². The van der Waals surface area contributed by atoms with Gasteiger partial charge < -0.3 is 9.64 Å². The number of carbonyl (C=O) groups is 1. The molecule has 0 atom stereocenters. The van der Waals surface area contributed by atoms with Crippen molar-refractivity contribution in [3.05, 3.63) is 81.0 Å². The number of methoxy groups -OCH3 is 1. The summed E-state index contributed by atoms with van der Waals surface area (Å²) in [7, 11) is 1.54. The number of amides is 1. The number of carbonyl (C=O) groups excluding carboxylic acids is 1. The molecule has 0 spiro atoms. The Morgan fingerprint density at radius 3 is 2.48 bits per heavy atom. The summed E-state index contributed by atoms with van der Waals surface area (Å²) in [6.07, 6.45) is 0. The number of pyridine rings is 1. The summed E-state index contributed by atoms with van der Waals surface area (Å²) in [6.45, 7) is 11.3. The molecule has 0 bridgehead atoms. The Hall–Kier alpha value is -3.44. The summed E-state index contributed by atoms with van der Waals surface area (Å²) >= 11 is 3.39. The lowest BCUT2D eigenvalue weighted by Crippen LogP contribution is -2.45. The smallest absolute Gasteiger partial charge is 0.261 e. The first kappa shape index (κ1) is 20.8. The quantitative estimate of drug-likeness (QED) is 0.436. The monoisotopic (exact) mass is 480 g/mol. The van der Waals surface area contributed by atoms with E-state index in [1.165, 1.54) is 19.2 Å². The SMILES string of the molecule is [C-]#[N+]c1cc2c(cc1Br)C(=O)N(c1ccc(OC)nc1C)CN2c1ccc(F)cc1C. The third-order valence-electron chi connectivity index (χ3n) is 5.22. The number of hydrogen-bond acceptors (Lipinski definition) is 4. The average Bonchev–Trinajstić information content (AvgIpc) is 2.75. The molecule has 1 aliphatic rings. The van der Waals surface area contributed by atoms with Crippen LogP contribution in [0.4, 0.5) is 27.1 Å². The molecule has 0 saturated heterocycles. The normalized spacial score (nSPS) is 13.1. The van der Waals surface area contributed by atoms with Crippen molar-refractivity contribution in [2.45, 2.75) is 13.8 Å². The molecule has 1 amide bonds. The summed E-state index contributed by atoms with van der Waals surface area (Å²) in [5, 5.41) is 0. The molecule has 2 aromatic carbocycles. The molecule has 4 rings (SSSR count). The van der Waals surface area contributed by atoms with Crippen molar-refractivity contribution in [1.82, 2.24) is 4.98 Å². The van der Waals surface area contributed by atoms with Gasteiger partial charge in [0, 0.05) is 21.9 Å². The minimum absolute atomic E-state index is 0.187. The van der Waals surface area contributed by atoms with Crippen molar-refractivity contribution in [2.75, 3.05) is 23.6 Å². The summed E-state index contributed by atoms with van der Waals surface area (Å²) in [6, 6.07) is 11.4. The molecule has 0 N–H and O–H groups in total. The number of nitrogens with zero attached hydrogens (tertiary/aromatic N) is 4. The zero-order valence-corrected chi connectivity index (χ0v) is 18.7. The Kier molecular flexibility index (Phi) is 5.38. The van der Waals surface area contributed by atoms with E-state index in [1.807, 2.05) is 18.7 Å². The van der Waals surface area contributed by atoms with Gasteiger partial charge in [0.2, 0.25) is 11.6 Å². The predicted octanol–water partition coefficient (Wildman–Crippen LogP) is 5.92. The van der Waals surface area contributed by atoms with Crippen LogP contribution in [-0.2, 0) is 0 Å². The highest BCUT2D eigenvalue weighted by Gasteiger charge is 2.33. The largest absolute Gasteiger partial charge is 0.481 e. The zero-order valence-electron chi connectivity index (χ0n) is 17.1. The number of hydrogen-bond donors (Lipinski definition) is 0. The summed E-state index contributed by atoms with van der Waals surface area (Å²) in [4.78, 5) is 25.0. The van der Waals surface area contributed by atoms with E-state index in [9.17, 15) is 9.18 Å². The number of rotatable bonds is 3. The summed E-state index contributed by atoms with van der Waals surface area (Å²) in [5.74, 6) is -0.0839. The Labute approximate surface area is 187 Å². The fraction of sp³-hybridized carbons (Fsp3) is 0.174. The minimum atomic E-state index is -0.334. The second-order valence-corrected chi connectivity index (χ2v) is 7.98. The highest BCUT2D eigenvalue weighted by molar-refractivity contribution is 9.10. The van der Waals surface area contributed by atoms with Gasteiger partial charge in [-0.1, -0.05) is 15.9 Å². The van der Waals surface area contributed by atoms with Crippen molar-refractivity contribution in [1.29, 1.82) is 0 Å². The molecule has 0 saturated carbocycles. The van der Waals surface area contributed by atoms with Crippen LogP contribution in [0, 0.1) is 26.2 Å². The first-order valence-corrected chi connectivity index (χ1v) is 10.2. The van der Waals surface area contributed by atoms with Crippen LogP contribution in [0.3, 0.4) is 0 Å². The van der Waals surface area contributed by atoms with Crippen LogP contribution in [0.25, 0.3) is 4.85 Å². The zero-order chi connectivity index (χ0) is 22.3. The number of anilines is 3. The molecule has 6 nitrogen and oxygen atoms in total. The van der Waals surface area contributed by atoms with Crippen molar-refractivity contribution in [3.8, 4) is 5.88 Å². The molecule has 31 heavy (non-hydrogen) atoms.